The fourth-order valence-corrected chi connectivity index (χ4v) is 1.44. The number of carbonyl (C=O) groups excluding carboxylic acids is 1. The van der Waals surface area contributed by atoms with Crippen molar-refractivity contribution < 1.29 is 14.7 Å². The molecule has 0 saturated carbocycles. The second kappa shape index (κ2) is 6.52. The van der Waals surface area contributed by atoms with Gasteiger partial charge in [-0.2, -0.15) is 0 Å². The Hall–Kier alpha value is -2.17. The number of carbonyl (C=O) groups is 2. The molecule has 0 amide bonds. The minimum atomic E-state index is -0.919. The number of benzene rings is 1. The summed E-state index contributed by atoms with van der Waals surface area (Å²) in [4.78, 5) is 28.1. The van der Waals surface area contributed by atoms with Crippen LogP contribution in [0.2, 0.25) is 0 Å². The molecular formula is C16H22N2O3. The standard InChI is InChI=1S/C11H12N2O2.C5H10O/c1-6(2)10-12-8-4-3-7(11(14)15)5-9(8)13-10;1-5(2,3)4-6/h3-6H,1-2H3,(H,12,13)(H,14,15);4H,1-3H3. The van der Waals surface area contributed by atoms with Crippen molar-refractivity contribution in [1.29, 1.82) is 0 Å². The number of aromatic carboxylic acids is 1. The molecule has 0 unspecified atom stereocenters. The molecule has 2 N–H and O–H groups in total. The molecule has 0 saturated heterocycles. The first-order chi connectivity index (χ1) is 9.64. The number of imidazole rings is 1. The van der Waals surface area contributed by atoms with Crippen molar-refractivity contribution in [3.8, 4) is 0 Å². The van der Waals surface area contributed by atoms with Crippen LogP contribution in [0.4, 0.5) is 0 Å². The fourth-order valence-electron chi connectivity index (χ4n) is 1.44. The van der Waals surface area contributed by atoms with Gasteiger partial charge in [0.2, 0.25) is 0 Å². The van der Waals surface area contributed by atoms with Gasteiger partial charge in [0, 0.05) is 11.3 Å². The van der Waals surface area contributed by atoms with E-state index in [9.17, 15) is 9.59 Å². The summed E-state index contributed by atoms with van der Waals surface area (Å²) in [6.45, 7) is 9.70. The number of hydrogen-bond acceptors (Lipinski definition) is 3. The Morgan fingerprint density at radius 2 is 1.90 bits per heavy atom. The number of carboxylic acids is 1. The molecule has 1 aromatic heterocycles. The van der Waals surface area contributed by atoms with Crippen molar-refractivity contribution in [2.24, 2.45) is 5.41 Å². The number of hydrogen-bond donors (Lipinski definition) is 2. The smallest absolute Gasteiger partial charge is 0.335 e. The Kier molecular flexibility index (Phi) is 5.24. The van der Waals surface area contributed by atoms with Gasteiger partial charge in [-0.1, -0.05) is 34.6 Å². The van der Waals surface area contributed by atoms with E-state index < -0.39 is 5.97 Å². The molecule has 21 heavy (non-hydrogen) atoms. The molecular weight excluding hydrogens is 268 g/mol. The zero-order valence-electron chi connectivity index (χ0n) is 13.1. The van der Waals surface area contributed by atoms with E-state index in [2.05, 4.69) is 9.97 Å². The van der Waals surface area contributed by atoms with Crippen LogP contribution in [0.25, 0.3) is 11.0 Å². The summed E-state index contributed by atoms with van der Waals surface area (Å²) in [5.74, 6) is 0.274. The van der Waals surface area contributed by atoms with Gasteiger partial charge in [0.25, 0.3) is 0 Å². The summed E-state index contributed by atoms with van der Waals surface area (Å²) in [6, 6.07) is 4.90. The first kappa shape index (κ1) is 16.9. The van der Waals surface area contributed by atoms with Crippen LogP contribution in [0.15, 0.2) is 18.2 Å². The molecule has 1 heterocycles. The van der Waals surface area contributed by atoms with Gasteiger partial charge in [0.15, 0.2) is 0 Å². The maximum absolute atomic E-state index is 10.8. The molecule has 0 aliphatic rings. The SMILES string of the molecule is CC(C)(C)C=O.CC(C)c1nc2ccc(C(=O)O)cc2[nH]1. The molecule has 5 nitrogen and oxygen atoms in total. The average molecular weight is 290 g/mol. The van der Waals surface area contributed by atoms with Gasteiger partial charge in [-0.25, -0.2) is 9.78 Å². The van der Waals surface area contributed by atoms with Crippen LogP contribution < -0.4 is 0 Å². The van der Waals surface area contributed by atoms with Crippen molar-refractivity contribution in [3.63, 3.8) is 0 Å². The molecule has 0 aliphatic carbocycles. The Morgan fingerprint density at radius 3 is 2.33 bits per heavy atom. The van der Waals surface area contributed by atoms with Crippen LogP contribution in [0, 0.1) is 5.41 Å². The van der Waals surface area contributed by atoms with Crippen molar-refractivity contribution in [1.82, 2.24) is 9.97 Å². The van der Waals surface area contributed by atoms with Crippen LogP contribution in [0.3, 0.4) is 0 Å². The third-order valence-corrected chi connectivity index (χ3v) is 2.65. The van der Waals surface area contributed by atoms with Gasteiger partial charge >= 0.3 is 5.97 Å². The number of aromatic amines is 1. The molecule has 0 atom stereocenters. The summed E-state index contributed by atoms with van der Waals surface area (Å²) in [7, 11) is 0. The Labute approximate surface area is 124 Å². The lowest BCUT2D eigenvalue weighted by atomic mass is 10.0. The predicted octanol–water partition coefficient (Wildman–Crippen LogP) is 3.62. The van der Waals surface area contributed by atoms with Gasteiger partial charge in [-0.05, 0) is 18.2 Å². The van der Waals surface area contributed by atoms with Crippen molar-refractivity contribution in [2.75, 3.05) is 0 Å². The largest absolute Gasteiger partial charge is 0.478 e. The molecule has 114 valence electrons. The molecule has 2 rings (SSSR count). The normalized spacial score (nSPS) is 11.1. The summed E-state index contributed by atoms with van der Waals surface area (Å²) < 4.78 is 0. The van der Waals surface area contributed by atoms with E-state index in [0.717, 1.165) is 23.1 Å². The molecule has 0 spiro atoms. The number of rotatable bonds is 2. The average Bonchev–Trinajstić information content (AvgIpc) is 2.81. The van der Waals surface area contributed by atoms with E-state index in [1.165, 1.54) is 0 Å². The van der Waals surface area contributed by atoms with E-state index in [4.69, 9.17) is 5.11 Å². The third kappa shape index (κ3) is 5.02. The lowest BCUT2D eigenvalue weighted by Gasteiger charge is -2.03. The summed E-state index contributed by atoms with van der Waals surface area (Å²) in [6.07, 6.45) is 0.938. The number of H-pyrrole nitrogens is 1. The second-order valence-corrected chi connectivity index (χ2v) is 6.30. The fraction of sp³-hybridized carbons (Fsp3) is 0.438. The molecule has 0 fully saturated rings. The van der Waals surface area contributed by atoms with Crippen LogP contribution in [0.5, 0.6) is 0 Å². The maximum Gasteiger partial charge on any atom is 0.335 e. The van der Waals surface area contributed by atoms with E-state index in [0.29, 0.717) is 5.92 Å². The molecule has 0 radical (unpaired) electrons. The maximum atomic E-state index is 10.8. The quantitative estimate of drug-likeness (QED) is 0.827. The number of aromatic nitrogens is 2. The van der Waals surface area contributed by atoms with E-state index in [-0.39, 0.29) is 11.0 Å². The highest BCUT2D eigenvalue weighted by atomic mass is 16.4. The second-order valence-electron chi connectivity index (χ2n) is 6.30. The lowest BCUT2D eigenvalue weighted by Crippen LogP contribution is -2.04. The number of aldehydes is 1. The Bertz CT molecular complexity index is 636. The van der Waals surface area contributed by atoms with Gasteiger partial charge in [-0.15, -0.1) is 0 Å². The topological polar surface area (TPSA) is 83.1 Å². The van der Waals surface area contributed by atoms with Gasteiger partial charge in [0.1, 0.15) is 12.1 Å². The molecule has 1 aromatic carbocycles. The first-order valence-corrected chi connectivity index (χ1v) is 6.83. The summed E-state index contributed by atoms with van der Waals surface area (Å²) in [5, 5.41) is 8.83. The van der Waals surface area contributed by atoms with Gasteiger partial charge in [-0.3, -0.25) is 0 Å². The minimum Gasteiger partial charge on any atom is -0.478 e. The third-order valence-electron chi connectivity index (χ3n) is 2.65. The van der Waals surface area contributed by atoms with Gasteiger partial charge in [0.05, 0.1) is 16.6 Å². The van der Waals surface area contributed by atoms with Crippen LogP contribution >= 0.6 is 0 Å². The number of nitrogens with zero attached hydrogens (tertiary/aromatic N) is 1. The van der Waals surface area contributed by atoms with Gasteiger partial charge < -0.3 is 14.9 Å². The molecule has 0 aliphatic heterocycles. The minimum absolute atomic E-state index is 0.139. The predicted molar refractivity (Wildman–Crippen MR) is 82.7 cm³/mol. The summed E-state index contributed by atoms with van der Waals surface area (Å²) in [5.41, 5.74) is 1.73. The number of fused-ring (bicyclic) bond motifs is 1. The van der Waals surface area contributed by atoms with Crippen molar-refractivity contribution in [2.45, 2.75) is 40.5 Å². The highest BCUT2D eigenvalue weighted by Gasteiger charge is 2.09. The Morgan fingerprint density at radius 1 is 1.33 bits per heavy atom. The van der Waals surface area contributed by atoms with Crippen molar-refractivity contribution >= 4 is 23.3 Å². The lowest BCUT2D eigenvalue weighted by molar-refractivity contribution is -0.113. The van der Waals surface area contributed by atoms with E-state index >= 15 is 0 Å². The number of nitrogens with one attached hydrogen (secondary N) is 1. The van der Waals surface area contributed by atoms with Crippen LogP contribution in [-0.2, 0) is 4.79 Å². The first-order valence-electron chi connectivity index (χ1n) is 6.83. The van der Waals surface area contributed by atoms with E-state index in [1.807, 2.05) is 34.6 Å². The zero-order chi connectivity index (χ0) is 16.2. The highest BCUT2D eigenvalue weighted by molar-refractivity contribution is 5.92. The van der Waals surface area contributed by atoms with Crippen molar-refractivity contribution in [3.05, 3.63) is 29.6 Å². The zero-order valence-corrected chi connectivity index (χ0v) is 13.1. The monoisotopic (exact) mass is 290 g/mol. The van der Waals surface area contributed by atoms with Crippen LogP contribution in [-0.4, -0.2) is 27.3 Å². The van der Waals surface area contributed by atoms with E-state index in [1.54, 1.807) is 18.2 Å². The molecule has 2 aromatic rings. The number of carboxylic acid groups (broad SMARTS) is 1. The molecule has 5 heteroatoms. The highest BCUT2D eigenvalue weighted by Crippen LogP contribution is 2.18. The van der Waals surface area contributed by atoms with Crippen LogP contribution in [0.1, 0.15) is 56.7 Å². The molecule has 0 bridgehead atoms. The summed E-state index contributed by atoms with van der Waals surface area (Å²) >= 11 is 0. The Balaban J connectivity index is 0.000000315.